The van der Waals surface area contributed by atoms with E-state index in [1.165, 1.54) is 0 Å². The van der Waals surface area contributed by atoms with Crippen LogP contribution in [0.25, 0.3) is 5.69 Å². The normalized spacial score (nSPS) is 14.1. The second-order valence-corrected chi connectivity index (χ2v) is 15.7. The van der Waals surface area contributed by atoms with Gasteiger partial charge in [0.2, 0.25) is 5.91 Å². The van der Waals surface area contributed by atoms with Crippen LogP contribution < -0.4 is 15.4 Å². The Kier molecular flexibility index (Phi) is 9.28. The highest BCUT2D eigenvalue weighted by molar-refractivity contribution is 6.69. The number of ether oxygens (including phenoxy) is 1. The molecule has 0 spiro atoms. The number of aromatic nitrogens is 3. The molecule has 4 aromatic rings. The van der Waals surface area contributed by atoms with Crippen LogP contribution in [0, 0.1) is 6.92 Å². The highest BCUT2D eigenvalue weighted by Gasteiger charge is 2.30. The van der Waals surface area contributed by atoms with E-state index in [0.717, 1.165) is 22.4 Å². The third-order valence-electron chi connectivity index (χ3n) is 7.25. The van der Waals surface area contributed by atoms with Crippen LogP contribution in [0.2, 0.25) is 18.1 Å². The summed E-state index contributed by atoms with van der Waals surface area (Å²) >= 11 is 6.18. The number of hydrogen-bond donors (Lipinski definition) is 3. The first kappa shape index (κ1) is 31.1. The van der Waals surface area contributed by atoms with Gasteiger partial charge in [-0.3, -0.25) is 19.1 Å². The number of methoxy groups -OCH3 is 1. The zero-order valence-electron chi connectivity index (χ0n) is 25.1. The number of rotatable bonds is 10. The largest absolute Gasteiger partial charge is 0.497 e. The Morgan fingerprint density at radius 3 is 2.48 bits per heavy atom. The number of aryl methyl sites for hydroxylation is 1. The van der Waals surface area contributed by atoms with E-state index in [1.54, 1.807) is 31.4 Å². The average molecular weight is 631 g/mol. The second-order valence-electron chi connectivity index (χ2n) is 11.3. The minimum atomic E-state index is -2.40. The van der Waals surface area contributed by atoms with Crippen molar-refractivity contribution in [3.8, 4) is 11.4 Å². The molecule has 0 aliphatic carbocycles. The number of nitrogens with zero attached hydrogens (tertiary/aromatic N) is 4. The van der Waals surface area contributed by atoms with Crippen LogP contribution in [0.3, 0.4) is 0 Å². The number of amides is 2. The number of aliphatic imine (C=N–C) groups is 1. The molecule has 1 aromatic heterocycles. The van der Waals surface area contributed by atoms with Crippen molar-refractivity contribution in [2.75, 3.05) is 20.2 Å². The Morgan fingerprint density at radius 1 is 1.02 bits per heavy atom. The predicted molar refractivity (Wildman–Crippen MR) is 172 cm³/mol. The van der Waals surface area contributed by atoms with Gasteiger partial charge in [-0.25, -0.2) is 0 Å². The van der Waals surface area contributed by atoms with Gasteiger partial charge in [0, 0.05) is 34.8 Å². The Morgan fingerprint density at radius 2 is 1.75 bits per heavy atom. The molecule has 0 saturated heterocycles. The monoisotopic (exact) mass is 630 g/mol. The Labute approximate surface area is 262 Å². The lowest BCUT2D eigenvalue weighted by molar-refractivity contribution is -0.121. The molecule has 44 heavy (non-hydrogen) atoms. The molecule has 1 atom stereocenters. The average Bonchev–Trinajstić information content (AvgIpc) is 3.31. The van der Waals surface area contributed by atoms with E-state index < -0.39 is 14.4 Å². The molecule has 1 aliphatic rings. The number of carbonyl (C=O) groups excluding carboxylic acids is 2. The molecule has 3 N–H and O–H groups in total. The summed E-state index contributed by atoms with van der Waals surface area (Å²) in [7, 11) is -0.793. The fraction of sp³-hybridized carbons (Fsp3) is 0.281. The van der Waals surface area contributed by atoms with Crippen LogP contribution >= 0.6 is 11.6 Å². The number of nitrogens with one attached hydrogen (secondary N) is 2. The van der Waals surface area contributed by atoms with Crippen molar-refractivity contribution in [1.82, 2.24) is 25.4 Å². The van der Waals surface area contributed by atoms with Gasteiger partial charge in [0.25, 0.3) is 5.91 Å². The minimum absolute atomic E-state index is 0.0212. The second kappa shape index (κ2) is 13.1. The smallest absolute Gasteiger partial charge is 0.251 e. The SMILES string of the molecule is COc1ccc2c(c1)C(c1ccc(Cl)cc1)=N[C@@H](CC(=O)NCCNC(=O)c1ccccc1C[Si](C)(C)O)c1nnc(C)n1-2. The molecule has 228 valence electrons. The standard InChI is InChI=1S/C32H35ClN6O4Si/c1-20-37-38-31-27(18-29(40)34-15-16-35-32(41)25-8-6-5-7-22(25)19-44(3,4)42)36-30(21-9-11-23(33)12-10-21)26-17-24(43-2)13-14-28(26)39(20)31/h5-14,17,27,42H,15-16,18-19H2,1-4H3,(H,34,40)(H,35,41)/t27-/m0/s1. The molecule has 2 amide bonds. The molecule has 5 rings (SSSR count). The molecule has 0 fully saturated rings. The van der Waals surface area contributed by atoms with E-state index in [9.17, 15) is 14.4 Å². The van der Waals surface area contributed by atoms with Crippen molar-refractivity contribution < 1.29 is 19.1 Å². The summed E-state index contributed by atoms with van der Waals surface area (Å²) in [6.07, 6.45) is 0.0212. The van der Waals surface area contributed by atoms with Crippen LogP contribution in [0.1, 0.15) is 51.2 Å². The van der Waals surface area contributed by atoms with Crippen LogP contribution in [0.5, 0.6) is 5.75 Å². The maximum Gasteiger partial charge on any atom is 0.251 e. The predicted octanol–water partition coefficient (Wildman–Crippen LogP) is 4.35. The first-order valence-corrected chi connectivity index (χ1v) is 17.9. The van der Waals surface area contributed by atoms with Gasteiger partial charge >= 0.3 is 0 Å². The molecule has 2 heterocycles. The van der Waals surface area contributed by atoms with Crippen molar-refractivity contribution in [3.05, 3.63) is 106 Å². The van der Waals surface area contributed by atoms with Crippen LogP contribution in [0.15, 0.2) is 71.7 Å². The maximum absolute atomic E-state index is 13.2. The Balaban J connectivity index is 1.33. The van der Waals surface area contributed by atoms with Crippen molar-refractivity contribution >= 4 is 37.4 Å². The van der Waals surface area contributed by atoms with E-state index in [2.05, 4.69) is 20.8 Å². The lowest BCUT2D eigenvalue weighted by Gasteiger charge is -2.17. The fourth-order valence-electron chi connectivity index (χ4n) is 5.26. The molecule has 0 saturated carbocycles. The Hall–Kier alpha value is -4.32. The number of hydrogen-bond acceptors (Lipinski definition) is 7. The van der Waals surface area contributed by atoms with Gasteiger partial charge in [-0.05, 0) is 68.0 Å². The van der Waals surface area contributed by atoms with Crippen molar-refractivity contribution in [2.45, 2.75) is 38.5 Å². The molecular formula is C32H35ClN6O4Si. The van der Waals surface area contributed by atoms with Crippen molar-refractivity contribution in [3.63, 3.8) is 0 Å². The third kappa shape index (κ3) is 7.07. The number of fused-ring (bicyclic) bond motifs is 3. The number of carbonyl (C=O) groups is 2. The van der Waals surface area contributed by atoms with Gasteiger partial charge in [-0.15, -0.1) is 10.2 Å². The van der Waals surface area contributed by atoms with Crippen molar-refractivity contribution in [2.24, 2.45) is 4.99 Å². The van der Waals surface area contributed by atoms with Gasteiger partial charge in [0.1, 0.15) is 17.6 Å². The van der Waals surface area contributed by atoms with Crippen LogP contribution in [-0.4, -0.2) is 65.6 Å². The van der Waals surface area contributed by atoms with Gasteiger partial charge in [-0.2, -0.15) is 0 Å². The third-order valence-corrected chi connectivity index (χ3v) is 8.74. The molecule has 10 nitrogen and oxygen atoms in total. The van der Waals surface area contributed by atoms with Crippen molar-refractivity contribution in [1.29, 1.82) is 0 Å². The summed E-state index contributed by atoms with van der Waals surface area (Å²) < 4.78 is 7.45. The zero-order valence-corrected chi connectivity index (χ0v) is 26.9. The molecule has 1 aliphatic heterocycles. The van der Waals surface area contributed by atoms with Gasteiger partial charge in [0.15, 0.2) is 14.1 Å². The molecule has 12 heteroatoms. The molecule has 0 radical (unpaired) electrons. The molecule has 0 unspecified atom stereocenters. The quantitative estimate of drug-likeness (QED) is 0.176. The first-order chi connectivity index (χ1) is 21.0. The summed E-state index contributed by atoms with van der Waals surface area (Å²) in [6, 6.07) is 20.2. The van der Waals surface area contributed by atoms with E-state index in [-0.39, 0.29) is 31.3 Å². The first-order valence-electron chi connectivity index (χ1n) is 14.3. The summed E-state index contributed by atoms with van der Waals surface area (Å²) in [5.41, 5.74) is 4.50. The zero-order chi connectivity index (χ0) is 31.4. The van der Waals surface area contributed by atoms with E-state index in [4.69, 9.17) is 21.3 Å². The van der Waals surface area contributed by atoms with Gasteiger partial charge < -0.3 is 20.2 Å². The molecule has 3 aromatic carbocycles. The van der Waals surface area contributed by atoms with E-state index >= 15 is 0 Å². The lowest BCUT2D eigenvalue weighted by atomic mass is 10.00. The number of halogens is 1. The summed E-state index contributed by atoms with van der Waals surface area (Å²) in [4.78, 5) is 41.5. The molecule has 0 bridgehead atoms. The molecular weight excluding hydrogens is 596 g/mol. The fourth-order valence-corrected chi connectivity index (χ4v) is 6.63. The minimum Gasteiger partial charge on any atom is -0.497 e. The lowest BCUT2D eigenvalue weighted by Crippen LogP contribution is -2.36. The topological polar surface area (TPSA) is 131 Å². The number of benzene rings is 3. The van der Waals surface area contributed by atoms with Crippen LogP contribution in [-0.2, 0) is 10.8 Å². The highest BCUT2D eigenvalue weighted by Crippen LogP contribution is 2.34. The van der Waals surface area contributed by atoms with Gasteiger partial charge in [0.05, 0.1) is 24.9 Å². The van der Waals surface area contributed by atoms with Gasteiger partial charge in [-0.1, -0.05) is 41.9 Å². The summed E-state index contributed by atoms with van der Waals surface area (Å²) in [5, 5.41) is 15.1. The van der Waals surface area contributed by atoms with Crippen LogP contribution in [0.4, 0.5) is 0 Å². The maximum atomic E-state index is 13.2. The summed E-state index contributed by atoms with van der Waals surface area (Å²) in [6.45, 7) is 6.01. The highest BCUT2D eigenvalue weighted by atomic mass is 35.5. The van der Waals surface area contributed by atoms with E-state index in [1.807, 2.05) is 67.0 Å². The van der Waals surface area contributed by atoms with E-state index in [0.29, 0.717) is 39.7 Å². The summed E-state index contributed by atoms with van der Waals surface area (Å²) in [5.74, 6) is 1.40. The Bertz CT molecular complexity index is 1710.